The Kier molecular flexibility index (Phi) is 4.00. The largest absolute Gasteiger partial charge is 0.506 e. The lowest BCUT2D eigenvalue weighted by Gasteiger charge is -2.21. The van der Waals surface area contributed by atoms with E-state index >= 15 is 0 Å². The van der Waals surface area contributed by atoms with Crippen molar-refractivity contribution in [1.29, 1.82) is 0 Å². The van der Waals surface area contributed by atoms with Gasteiger partial charge in [0.2, 0.25) is 0 Å². The molecule has 84 valence electrons. The standard InChI is InChI=1S/C12H18ClNO/c1-7(2)10(6-14)9-4-8(3)5-11(13)12(9)15/h4-5,7,10,15H,6,14H2,1-3H3. The van der Waals surface area contributed by atoms with Crippen molar-refractivity contribution < 1.29 is 5.11 Å². The Bertz CT molecular complexity index is 350. The van der Waals surface area contributed by atoms with Crippen LogP contribution in [0.15, 0.2) is 12.1 Å². The number of nitrogens with two attached hydrogens (primary N) is 1. The van der Waals surface area contributed by atoms with Crippen LogP contribution < -0.4 is 5.73 Å². The van der Waals surface area contributed by atoms with Crippen molar-refractivity contribution in [2.24, 2.45) is 11.7 Å². The molecule has 1 atom stereocenters. The maximum absolute atomic E-state index is 9.88. The van der Waals surface area contributed by atoms with Gasteiger partial charge in [-0.25, -0.2) is 0 Å². The van der Waals surface area contributed by atoms with Gasteiger partial charge in [0.1, 0.15) is 5.75 Å². The highest BCUT2D eigenvalue weighted by Crippen LogP contribution is 2.36. The first-order valence-electron chi connectivity index (χ1n) is 5.16. The van der Waals surface area contributed by atoms with Crippen LogP contribution in [-0.2, 0) is 0 Å². The van der Waals surface area contributed by atoms with E-state index in [1.807, 2.05) is 13.0 Å². The first-order valence-corrected chi connectivity index (χ1v) is 5.54. The van der Waals surface area contributed by atoms with Crippen molar-refractivity contribution in [2.75, 3.05) is 6.54 Å². The first kappa shape index (κ1) is 12.3. The van der Waals surface area contributed by atoms with E-state index in [-0.39, 0.29) is 11.7 Å². The first-order chi connectivity index (χ1) is 6.97. The number of benzene rings is 1. The third-order valence-corrected chi connectivity index (χ3v) is 2.98. The zero-order valence-corrected chi connectivity index (χ0v) is 10.2. The Hall–Kier alpha value is -0.730. The van der Waals surface area contributed by atoms with Crippen molar-refractivity contribution in [2.45, 2.75) is 26.7 Å². The van der Waals surface area contributed by atoms with Crippen molar-refractivity contribution in [1.82, 2.24) is 0 Å². The predicted octanol–water partition coefficient (Wildman–Crippen LogP) is 3.05. The monoisotopic (exact) mass is 227 g/mol. The van der Waals surface area contributed by atoms with Gasteiger partial charge in [0.05, 0.1) is 5.02 Å². The molecule has 0 aliphatic carbocycles. The maximum atomic E-state index is 9.88. The van der Waals surface area contributed by atoms with E-state index < -0.39 is 0 Å². The van der Waals surface area contributed by atoms with E-state index in [1.54, 1.807) is 6.07 Å². The van der Waals surface area contributed by atoms with Gasteiger partial charge in [-0.1, -0.05) is 31.5 Å². The molecule has 3 N–H and O–H groups in total. The summed E-state index contributed by atoms with van der Waals surface area (Å²) in [6.45, 7) is 6.66. The minimum atomic E-state index is 0.155. The molecule has 15 heavy (non-hydrogen) atoms. The molecule has 0 aliphatic heterocycles. The van der Waals surface area contributed by atoms with Gasteiger partial charge in [-0.3, -0.25) is 0 Å². The summed E-state index contributed by atoms with van der Waals surface area (Å²) in [5, 5.41) is 10.3. The van der Waals surface area contributed by atoms with Crippen LogP contribution in [0.3, 0.4) is 0 Å². The molecular formula is C12H18ClNO. The average Bonchev–Trinajstić information content (AvgIpc) is 2.13. The Balaban J connectivity index is 3.22. The molecule has 1 aromatic rings. The zero-order chi connectivity index (χ0) is 11.6. The quantitative estimate of drug-likeness (QED) is 0.834. The van der Waals surface area contributed by atoms with Gasteiger partial charge in [0.25, 0.3) is 0 Å². The van der Waals surface area contributed by atoms with E-state index in [4.69, 9.17) is 17.3 Å². The van der Waals surface area contributed by atoms with Crippen molar-refractivity contribution >= 4 is 11.6 Å². The highest BCUT2D eigenvalue weighted by Gasteiger charge is 2.19. The molecule has 0 aromatic heterocycles. The smallest absolute Gasteiger partial charge is 0.137 e. The highest BCUT2D eigenvalue weighted by molar-refractivity contribution is 6.32. The van der Waals surface area contributed by atoms with Gasteiger partial charge in [-0.15, -0.1) is 0 Å². The fraction of sp³-hybridized carbons (Fsp3) is 0.500. The van der Waals surface area contributed by atoms with Gasteiger partial charge in [0.15, 0.2) is 0 Å². The zero-order valence-electron chi connectivity index (χ0n) is 9.42. The molecule has 1 rings (SSSR count). The minimum Gasteiger partial charge on any atom is -0.506 e. The van der Waals surface area contributed by atoms with Crippen molar-refractivity contribution in [3.63, 3.8) is 0 Å². The van der Waals surface area contributed by atoms with Crippen LogP contribution in [0.5, 0.6) is 5.75 Å². The Morgan fingerprint density at radius 1 is 1.40 bits per heavy atom. The van der Waals surface area contributed by atoms with Crippen LogP contribution in [0, 0.1) is 12.8 Å². The summed E-state index contributed by atoms with van der Waals surface area (Å²) in [6, 6.07) is 3.72. The number of rotatable bonds is 3. The average molecular weight is 228 g/mol. The van der Waals surface area contributed by atoms with Gasteiger partial charge in [-0.05, 0) is 31.0 Å². The lowest BCUT2D eigenvalue weighted by molar-refractivity contribution is 0.438. The van der Waals surface area contributed by atoms with E-state index in [0.717, 1.165) is 11.1 Å². The molecule has 1 unspecified atom stereocenters. The number of halogens is 1. The second-order valence-electron chi connectivity index (χ2n) is 4.27. The molecule has 0 amide bonds. The van der Waals surface area contributed by atoms with Crippen LogP contribution >= 0.6 is 11.6 Å². The van der Waals surface area contributed by atoms with Crippen LogP contribution in [-0.4, -0.2) is 11.7 Å². The molecule has 0 fully saturated rings. The molecule has 2 nitrogen and oxygen atoms in total. The lowest BCUT2D eigenvalue weighted by Crippen LogP contribution is -2.18. The van der Waals surface area contributed by atoms with Gasteiger partial charge < -0.3 is 10.8 Å². The number of hydrogen-bond acceptors (Lipinski definition) is 2. The lowest BCUT2D eigenvalue weighted by atomic mass is 9.87. The van der Waals surface area contributed by atoms with Gasteiger partial charge >= 0.3 is 0 Å². The summed E-state index contributed by atoms with van der Waals surface area (Å²) in [5.41, 5.74) is 7.63. The summed E-state index contributed by atoms with van der Waals surface area (Å²) in [5.74, 6) is 0.715. The molecule has 0 saturated carbocycles. The second kappa shape index (κ2) is 4.86. The van der Waals surface area contributed by atoms with Gasteiger partial charge in [0, 0.05) is 11.5 Å². The summed E-state index contributed by atoms with van der Waals surface area (Å²) < 4.78 is 0. The normalized spacial score (nSPS) is 13.2. The SMILES string of the molecule is Cc1cc(Cl)c(O)c(C(CN)C(C)C)c1. The molecule has 0 radical (unpaired) electrons. The molecule has 0 bridgehead atoms. The number of aromatic hydroxyl groups is 1. The van der Waals surface area contributed by atoms with Crippen LogP contribution in [0.1, 0.15) is 30.9 Å². The van der Waals surface area contributed by atoms with Gasteiger partial charge in [-0.2, -0.15) is 0 Å². The fourth-order valence-electron chi connectivity index (χ4n) is 1.80. The number of aryl methyl sites for hydroxylation is 1. The predicted molar refractivity (Wildman–Crippen MR) is 64.5 cm³/mol. The molecule has 0 spiro atoms. The summed E-state index contributed by atoms with van der Waals surface area (Å²) in [6.07, 6.45) is 0. The minimum absolute atomic E-state index is 0.155. The molecule has 3 heteroatoms. The second-order valence-corrected chi connectivity index (χ2v) is 4.68. The van der Waals surface area contributed by atoms with Crippen LogP contribution in [0.25, 0.3) is 0 Å². The van der Waals surface area contributed by atoms with E-state index in [1.165, 1.54) is 0 Å². The molecule has 0 heterocycles. The van der Waals surface area contributed by atoms with Crippen molar-refractivity contribution in [3.05, 3.63) is 28.3 Å². The molecular weight excluding hydrogens is 210 g/mol. The highest BCUT2D eigenvalue weighted by atomic mass is 35.5. The Morgan fingerprint density at radius 2 is 2.00 bits per heavy atom. The Morgan fingerprint density at radius 3 is 2.47 bits per heavy atom. The number of hydrogen-bond donors (Lipinski definition) is 2. The third kappa shape index (κ3) is 2.64. The number of phenolic OH excluding ortho intramolecular Hbond substituents is 1. The molecule has 1 aromatic carbocycles. The van der Waals surface area contributed by atoms with Crippen molar-refractivity contribution in [3.8, 4) is 5.75 Å². The topological polar surface area (TPSA) is 46.2 Å². The summed E-state index contributed by atoms with van der Waals surface area (Å²) >= 11 is 5.93. The van der Waals surface area contributed by atoms with E-state index in [2.05, 4.69) is 13.8 Å². The van der Waals surface area contributed by atoms with Crippen LogP contribution in [0.2, 0.25) is 5.02 Å². The maximum Gasteiger partial charge on any atom is 0.137 e. The third-order valence-electron chi connectivity index (χ3n) is 2.70. The van der Waals surface area contributed by atoms with E-state index in [9.17, 15) is 5.11 Å². The fourth-order valence-corrected chi connectivity index (χ4v) is 2.08. The summed E-state index contributed by atoms with van der Waals surface area (Å²) in [4.78, 5) is 0. The Labute approximate surface area is 96.1 Å². The molecule has 0 saturated heterocycles. The van der Waals surface area contributed by atoms with Crippen LogP contribution in [0.4, 0.5) is 0 Å². The molecule has 0 aliphatic rings. The van der Waals surface area contributed by atoms with E-state index in [0.29, 0.717) is 17.5 Å². The summed E-state index contributed by atoms with van der Waals surface area (Å²) in [7, 11) is 0. The number of phenols is 1.